The van der Waals surface area contributed by atoms with Crippen molar-refractivity contribution in [2.24, 2.45) is 0 Å². The molecule has 0 unspecified atom stereocenters. The van der Waals surface area contributed by atoms with Crippen molar-refractivity contribution in [3.05, 3.63) is 47.4 Å². The van der Waals surface area contributed by atoms with E-state index in [0.717, 1.165) is 49.2 Å². The second kappa shape index (κ2) is 9.35. The Balaban J connectivity index is 1.91. The van der Waals surface area contributed by atoms with Crippen LogP contribution >= 0.6 is 0 Å². The molecule has 0 aliphatic rings. The Labute approximate surface area is 142 Å². The number of unbranched alkanes of at least 4 members (excludes halogenated alkanes) is 1. The zero-order valence-corrected chi connectivity index (χ0v) is 14.1. The highest BCUT2D eigenvalue weighted by atomic mass is 16.5. The molecule has 0 bridgehead atoms. The van der Waals surface area contributed by atoms with Gasteiger partial charge in [-0.05, 0) is 42.7 Å². The Bertz CT molecular complexity index is 620. The minimum absolute atomic E-state index is 0.0174. The summed E-state index contributed by atoms with van der Waals surface area (Å²) in [6, 6.07) is 9.21. The van der Waals surface area contributed by atoms with Crippen molar-refractivity contribution in [2.75, 3.05) is 13.2 Å². The molecule has 132 valence electrons. The molecular weight excluding hydrogens is 308 g/mol. The first kappa shape index (κ1) is 18.4. The van der Waals surface area contributed by atoms with Crippen LogP contribution in [0.1, 0.15) is 36.8 Å². The van der Waals surface area contributed by atoms with E-state index in [4.69, 9.17) is 14.3 Å². The molecule has 0 spiro atoms. The topological polar surface area (TPSA) is 83.1 Å². The number of phenolic OH excluding ortho intramolecular Hbond substituents is 1. The maximum atomic E-state index is 9.80. The van der Waals surface area contributed by atoms with E-state index in [-0.39, 0.29) is 19.0 Å². The predicted octanol–water partition coefficient (Wildman–Crippen LogP) is 2.85. The molecule has 0 radical (unpaired) electrons. The van der Waals surface area contributed by atoms with Gasteiger partial charge in [0, 0.05) is 12.8 Å². The lowest BCUT2D eigenvalue weighted by Gasteiger charge is -2.12. The number of ether oxygens (including phenoxy) is 1. The van der Waals surface area contributed by atoms with Crippen LogP contribution < -0.4 is 4.74 Å². The number of aromatic hydroxyl groups is 1. The number of aliphatic hydroxyl groups excluding tert-OH is 2. The van der Waals surface area contributed by atoms with Gasteiger partial charge in [-0.1, -0.05) is 19.4 Å². The Hall–Kier alpha value is -1.98. The van der Waals surface area contributed by atoms with Crippen molar-refractivity contribution in [1.29, 1.82) is 0 Å². The predicted molar refractivity (Wildman–Crippen MR) is 91.4 cm³/mol. The fourth-order valence-electron chi connectivity index (χ4n) is 2.38. The normalized spacial score (nSPS) is 12.3. The van der Waals surface area contributed by atoms with Crippen LogP contribution in [-0.4, -0.2) is 34.6 Å². The molecule has 3 N–H and O–H groups in total. The SMILES string of the molecule is CCCCc1ccc(CCc2ccc(O)c(OC[C@H](O)CO)c2)o1. The van der Waals surface area contributed by atoms with E-state index >= 15 is 0 Å². The van der Waals surface area contributed by atoms with Crippen molar-refractivity contribution in [2.45, 2.75) is 45.1 Å². The van der Waals surface area contributed by atoms with Gasteiger partial charge in [0.05, 0.1) is 6.61 Å². The highest BCUT2D eigenvalue weighted by Gasteiger charge is 2.09. The second-order valence-corrected chi connectivity index (χ2v) is 5.92. The number of furan rings is 1. The van der Waals surface area contributed by atoms with Crippen molar-refractivity contribution in [1.82, 2.24) is 0 Å². The quantitative estimate of drug-likeness (QED) is 0.622. The molecule has 0 saturated heterocycles. The number of aliphatic hydroxyl groups is 2. The highest BCUT2D eigenvalue weighted by Crippen LogP contribution is 2.27. The molecule has 1 aromatic heterocycles. The van der Waals surface area contributed by atoms with Gasteiger partial charge in [-0.3, -0.25) is 0 Å². The summed E-state index contributed by atoms with van der Waals surface area (Å²) in [5.41, 5.74) is 1.01. The first-order valence-electron chi connectivity index (χ1n) is 8.43. The standard InChI is InChI=1S/C19H26O5/c1-2-3-4-16-8-9-17(24-16)7-5-14-6-10-18(22)19(11-14)23-13-15(21)12-20/h6,8-11,15,20-22H,2-5,7,12-13H2,1H3/t15-/m1/s1. The summed E-state index contributed by atoms with van der Waals surface area (Å²) in [7, 11) is 0. The van der Waals surface area contributed by atoms with E-state index in [1.807, 2.05) is 18.2 Å². The second-order valence-electron chi connectivity index (χ2n) is 5.92. The van der Waals surface area contributed by atoms with Crippen molar-refractivity contribution < 1.29 is 24.5 Å². The lowest BCUT2D eigenvalue weighted by Crippen LogP contribution is -2.21. The van der Waals surface area contributed by atoms with Crippen LogP contribution in [0.15, 0.2) is 34.7 Å². The van der Waals surface area contributed by atoms with E-state index in [9.17, 15) is 10.2 Å². The van der Waals surface area contributed by atoms with Gasteiger partial charge in [0.15, 0.2) is 11.5 Å². The third-order valence-corrected chi connectivity index (χ3v) is 3.82. The van der Waals surface area contributed by atoms with Crippen LogP contribution in [0.25, 0.3) is 0 Å². The largest absolute Gasteiger partial charge is 0.504 e. The van der Waals surface area contributed by atoms with Gasteiger partial charge in [0.25, 0.3) is 0 Å². The number of phenols is 1. The van der Waals surface area contributed by atoms with Gasteiger partial charge >= 0.3 is 0 Å². The van der Waals surface area contributed by atoms with Crippen molar-refractivity contribution >= 4 is 0 Å². The first-order chi connectivity index (χ1) is 11.6. The molecule has 1 heterocycles. The molecular formula is C19H26O5. The molecule has 0 aliphatic heterocycles. The van der Waals surface area contributed by atoms with Gasteiger partial charge in [0.1, 0.15) is 24.2 Å². The number of hydrogen-bond donors (Lipinski definition) is 3. The average molecular weight is 334 g/mol. The molecule has 0 saturated carbocycles. The van der Waals surface area contributed by atoms with E-state index in [2.05, 4.69) is 6.92 Å². The van der Waals surface area contributed by atoms with Crippen LogP contribution in [0.5, 0.6) is 11.5 Å². The highest BCUT2D eigenvalue weighted by molar-refractivity contribution is 5.42. The van der Waals surface area contributed by atoms with Crippen LogP contribution in [0.4, 0.5) is 0 Å². The monoisotopic (exact) mass is 334 g/mol. The number of benzene rings is 1. The van der Waals surface area contributed by atoms with Gasteiger partial charge in [-0.15, -0.1) is 0 Å². The molecule has 0 amide bonds. The minimum atomic E-state index is -0.960. The zero-order valence-electron chi connectivity index (χ0n) is 14.1. The lowest BCUT2D eigenvalue weighted by molar-refractivity contribution is 0.0527. The lowest BCUT2D eigenvalue weighted by atomic mass is 10.1. The molecule has 2 rings (SSSR count). The summed E-state index contributed by atoms with van der Waals surface area (Å²) < 4.78 is 11.2. The van der Waals surface area contributed by atoms with Crippen LogP contribution in [0.2, 0.25) is 0 Å². The Kier molecular flexibility index (Phi) is 7.15. The Morgan fingerprint density at radius 2 is 1.83 bits per heavy atom. The molecule has 2 aromatic rings. The molecule has 0 fully saturated rings. The average Bonchev–Trinajstić information content (AvgIpc) is 3.05. The maximum absolute atomic E-state index is 9.80. The number of hydrogen-bond acceptors (Lipinski definition) is 5. The molecule has 24 heavy (non-hydrogen) atoms. The summed E-state index contributed by atoms with van der Waals surface area (Å²) in [5, 5.41) is 27.9. The first-order valence-corrected chi connectivity index (χ1v) is 8.43. The maximum Gasteiger partial charge on any atom is 0.161 e. The summed E-state index contributed by atoms with van der Waals surface area (Å²) in [5.74, 6) is 2.30. The van der Waals surface area contributed by atoms with Crippen LogP contribution in [0, 0.1) is 0 Å². The van der Waals surface area contributed by atoms with Gasteiger partial charge in [0.2, 0.25) is 0 Å². The summed E-state index contributed by atoms with van der Waals surface area (Å²) in [6.07, 6.45) is 3.83. The van der Waals surface area contributed by atoms with E-state index in [1.54, 1.807) is 12.1 Å². The molecule has 0 aliphatic carbocycles. The fraction of sp³-hybridized carbons (Fsp3) is 0.474. The molecule has 5 heteroatoms. The van der Waals surface area contributed by atoms with Gasteiger partial charge in [-0.25, -0.2) is 0 Å². The van der Waals surface area contributed by atoms with E-state index < -0.39 is 6.10 Å². The number of aryl methyl sites for hydroxylation is 3. The van der Waals surface area contributed by atoms with Crippen molar-refractivity contribution in [3.8, 4) is 11.5 Å². The zero-order chi connectivity index (χ0) is 17.4. The van der Waals surface area contributed by atoms with E-state index in [1.165, 1.54) is 0 Å². The molecule has 1 aromatic carbocycles. The summed E-state index contributed by atoms with van der Waals surface area (Å²) in [4.78, 5) is 0. The van der Waals surface area contributed by atoms with Crippen LogP contribution in [0.3, 0.4) is 0 Å². The summed E-state index contributed by atoms with van der Waals surface area (Å²) >= 11 is 0. The third-order valence-electron chi connectivity index (χ3n) is 3.82. The van der Waals surface area contributed by atoms with Crippen LogP contribution in [-0.2, 0) is 19.3 Å². The number of rotatable bonds is 10. The van der Waals surface area contributed by atoms with E-state index in [0.29, 0.717) is 5.75 Å². The fourth-order valence-corrected chi connectivity index (χ4v) is 2.38. The Morgan fingerprint density at radius 3 is 2.54 bits per heavy atom. The van der Waals surface area contributed by atoms with Crippen molar-refractivity contribution in [3.63, 3.8) is 0 Å². The molecule has 1 atom stereocenters. The smallest absolute Gasteiger partial charge is 0.161 e. The molecule has 5 nitrogen and oxygen atoms in total. The van der Waals surface area contributed by atoms with Gasteiger partial charge < -0.3 is 24.5 Å². The minimum Gasteiger partial charge on any atom is -0.504 e. The summed E-state index contributed by atoms with van der Waals surface area (Å²) in [6.45, 7) is 1.72. The third kappa shape index (κ3) is 5.58. The van der Waals surface area contributed by atoms with Gasteiger partial charge in [-0.2, -0.15) is 0 Å². The Morgan fingerprint density at radius 1 is 1.08 bits per heavy atom.